The van der Waals surface area contributed by atoms with Gasteiger partial charge < -0.3 is 10.6 Å². The minimum absolute atomic E-state index is 0.0970. The van der Waals surface area contributed by atoms with Crippen LogP contribution >= 0.6 is 0 Å². The number of nitrogens with zero attached hydrogens (tertiary/aromatic N) is 2. The summed E-state index contributed by atoms with van der Waals surface area (Å²) in [5.41, 5.74) is -0.945. The van der Waals surface area contributed by atoms with E-state index in [0.29, 0.717) is 6.07 Å². The summed E-state index contributed by atoms with van der Waals surface area (Å²) >= 11 is 0. The topological polar surface area (TPSA) is 207 Å². The molecule has 0 aliphatic rings. The van der Waals surface area contributed by atoms with Crippen LogP contribution in [0.4, 0.5) is 5.69 Å². The number of nitrogens with one attached hydrogen (secondary N) is 4. The lowest BCUT2D eigenvalue weighted by atomic mass is 10.4. The molecule has 170 valence electrons. The lowest BCUT2D eigenvalue weighted by molar-refractivity contribution is -0.388. The maximum Gasteiger partial charge on any atom is 0.308 e. The van der Waals surface area contributed by atoms with Gasteiger partial charge in [0.25, 0.3) is 20.0 Å². The van der Waals surface area contributed by atoms with Crippen LogP contribution in [0.25, 0.3) is 0 Å². The molecule has 2 amide bonds. The largest absolute Gasteiger partial charge is 0.351 e. The average Bonchev–Trinajstić information content (AvgIpc) is 2.73. The Balaban J connectivity index is 3.06. The van der Waals surface area contributed by atoms with Crippen LogP contribution < -0.4 is 20.1 Å². The summed E-state index contributed by atoms with van der Waals surface area (Å²) in [6.45, 7) is 5.58. The molecule has 0 saturated heterocycles. The Morgan fingerprint density at radius 1 is 0.935 bits per heavy atom. The van der Waals surface area contributed by atoms with Gasteiger partial charge in [0.2, 0.25) is 16.8 Å². The van der Waals surface area contributed by atoms with Gasteiger partial charge in [0.15, 0.2) is 5.03 Å². The van der Waals surface area contributed by atoms with Crippen LogP contribution in [0.2, 0.25) is 0 Å². The molecular formula is C15H20N6O8S2. The second kappa shape index (κ2) is 11.3. The molecule has 0 fully saturated rings. The minimum Gasteiger partial charge on any atom is -0.351 e. The van der Waals surface area contributed by atoms with E-state index in [-0.39, 0.29) is 26.2 Å². The van der Waals surface area contributed by atoms with Crippen LogP contribution in [0, 0.1) is 10.1 Å². The summed E-state index contributed by atoms with van der Waals surface area (Å²) in [7, 11) is -8.95. The van der Waals surface area contributed by atoms with E-state index in [0.717, 1.165) is 18.2 Å². The zero-order valence-corrected chi connectivity index (χ0v) is 17.7. The Labute approximate surface area is 178 Å². The van der Waals surface area contributed by atoms with Crippen LogP contribution in [-0.2, 0) is 29.6 Å². The lowest BCUT2D eigenvalue weighted by Crippen LogP contribution is -2.35. The van der Waals surface area contributed by atoms with Crippen molar-refractivity contribution in [3.63, 3.8) is 0 Å². The molecule has 0 saturated carbocycles. The Morgan fingerprint density at radius 3 is 1.87 bits per heavy atom. The van der Waals surface area contributed by atoms with Gasteiger partial charge in [-0.05, 0) is 18.2 Å². The first kappa shape index (κ1) is 25.8. The van der Waals surface area contributed by atoms with Gasteiger partial charge in [-0.25, -0.2) is 31.3 Å². The number of carbonyl (C=O) groups excluding carboxylic acids is 2. The zero-order chi connectivity index (χ0) is 23.7. The number of hydrogen-bond acceptors (Lipinski definition) is 9. The second-order valence-corrected chi connectivity index (χ2v) is 8.91. The van der Waals surface area contributed by atoms with Gasteiger partial charge in [0, 0.05) is 32.2 Å². The maximum atomic E-state index is 12.4. The summed E-state index contributed by atoms with van der Waals surface area (Å²) in [6, 6.07) is 1.46. The van der Waals surface area contributed by atoms with E-state index in [4.69, 9.17) is 0 Å². The van der Waals surface area contributed by atoms with Crippen molar-refractivity contribution in [2.45, 2.75) is 10.1 Å². The molecule has 0 unspecified atom stereocenters. The molecule has 1 heterocycles. The van der Waals surface area contributed by atoms with Gasteiger partial charge in [-0.1, -0.05) is 13.2 Å². The van der Waals surface area contributed by atoms with Gasteiger partial charge in [0.1, 0.15) is 0 Å². The van der Waals surface area contributed by atoms with Crippen LogP contribution in [0.3, 0.4) is 0 Å². The first-order valence-electron chi connectivity index (χ1n) is 8.40. The molecule has 1 aromatic heterocycles. The van der Waals surface area contributed by atoms with Crippen molar-refractivity contribution in [3.05, 3.63) is 47.6 Å². The van der Waals surface area contributed by atoms with Gasteiger partial charge in [0.05, 0.1) is 4.92 Å². The monoisotopic (exact) mass is 476 g/mol. The van der Waals surface area contributed by atoms with E-state index >= 15 is 0 Å². The highest BCUT2D eigenvalue weighted by molar-refractivity contribution is 7.90. The molecular weight excluding hydrogens is 456 g/mol. The third-order valence-electron chi connectivity index (χ3n) is 3.34. The molecule has 1 aromatic rings. The molecule has 31 heavy (non-hydrogen) atoms. The van der Waals surface area contributed by atoms with Crippen molar-refractivity contribution in [2.75, 3.05) is 26.2 Å². The molecule has 0 atom stereocenters. The van der Waals surface area contributed by atoms with E-state index in [2.05, 4.69) is 33.5 Å². The average molecular weight is 476 g/mol. The number of amides is 2. The minimum atomic E-state index is -4.60. The van der Waals surface area contributed by atoms with Crippen molar-refractivity contribution in [3.8, 4) is 0 Å². The molecule has 0 spiro atoms. The predicted octanol–water partition coefficient (Wildman–Crippen LogP) is -1.85. The highest BCUT2D eigenvalue weighted by atomic mass is 32.2. The van der Waals surface area contributed by atoms with Crippen molar-refractivity contribution < 1.29 is 31.3 Å². The Morgan fingerprint density at radius 2 is 1.42 bits per heavy atom. The van der Waals surface area contributed by atoms with E-state index in [1.807, 2.05) is 4.72 Å². The van der Waals surface area contributed by atoms with Crippen molar-refractivity contribution in [2.24, 2.45) is 0 Å². The van der Waals surface area contributed by atoms with E-state index in [9.17, 15) is 36.5 Å². The summed E-state index contributed by atoms with van der Waals surface area (Å²) in [4.78, 5) is 35.7. The fourth-order valence-corrected chi connectivity index (χ4v) is 4.11. The number of aromatic nitrogens is 1. The molecule has 0 bridgehead atoms. The fourth-order valence-electron chi connectivity index (χ4n) is 1.93. The molecule has 1 rings (SSSR count). The summed E-state index contributed by atoms with van der Waals surface area (Å²) in [6.07, 6.45) is 1.95. The number of sulfonamides is 2. The summed E-state index contributed by atoms with van der Waals surface area (Å²) in [5.74, 6) is -1.09. The molecule has 0 radical (unpaired) electrons. The molecule has 0 aliphatic heterocycles. The maximum absolute atomic E-state index is 12.4. The number of nitro groups is 1. The predicted molar refractivity (Wildman–Crippen MR) is 108 cm³/mol. The van der Waals surface area contributed by atoms with Gasteiger partial charge >= 0.3 is 5.69 Å². The standard InChI is InChI=1S/C15H20N6O8S2/c1-3-12(22)16-7-9-18-30(26,27)14-6-5-11(21(24)25)15(20-14)31(28,29)19-10-8-17-13(23)4-2/h3-6,18-19H,1-2,7-10H2,(H,16,22)(H,17,23). The van der Waals surface area contributed by atoms with Crippen LogP contribution in [0.15, 0.2) is 47.5 Å². The lowest BCUT2D eigenvalue weighted by Gasteiger charge is -2.10. The molecule has 0 aromatic carbocycles. The van der Waals surface area contributed by atoms with E-state index < -0.39 is 52.5 Å². The second-order valence-electron chi connectivity index (χ2n) is 5.52. The normalized spacial score (nSPS) is 11.4. The number of hydrogen-bond donors (Lipinski definition) is 4. The summed E-state index contributed by atoms with van der Waals surface area (Å²) in [5, 5.41) is 13.9. The van der Waals surface area contributed by atoms with Crippen LogP contribution in [0.5, 0.6) is 0 Å². The Bertz CT molecular complexity index is 1080. The van der Waals surface area contributed by atoms with Gasteiger partial charge in [-0.3, -0.25) is 19.7 Å². The first-order valence-corrected chi connectivity index (χ1v) is 11.4. The number of carbonyl (C=O) groups is 2. The Kier molecular flexibility index (Phi) is 9.38. The molecule has 4 N–H and O–H groups in total. The van der Waals surface area contributed by atoms with Crippen molar-refractivity contribution >= 4 is 37.5 Å². The fraction of sp³-hybridized carbons (Fsp3) is 0.267. The third-order valence-corrected chi connectivity index (χ3v) is 6.10. The van der Waals surface area contributed by atoms with E-state index in [1.54, 1.807) is 0 Å². The molecule has 14 nitrogen and oxygen atoms in total. The van der Waals surface area contributed by atoms with Crippen molar-refractivity contribution in [1.29, 1.82) is 0 Å². The third kappa shape index (κ3) is 7.85. The zero-order valence-electron chi connectivity index (χ0n) is 16.0. The highest BCUT2D eigenvalue weighted by Crippen LogP contribution is 2.23. The smallest absolute Gasteiger partial charge is 0.308 e. The molecule has 16 heteroatoms. The van der Waals surface area contributed by atoms with Crippen LogP contribution in [0.1, 0.15) is 0 Å². The Hall–Kier alpha value is -3.21. The van der Waals surface area contributed by atoms with Gasteiger partial charge in [-0.15, -0.1) is 0 Å². The number of pyridine rings is 1. The first-order chi connectivity index (χ1) is 14.4. The van der Waals surface area contributed by atoms with Gasteiger partial charge in [-0.2, -0.15) is 0 Å². The van der Waals surface area contributed by atoms with Crippen molar-refractivity contribution in [1.82, 2.24) is 25.1 Å². The molecule has 0 aliphatic carbocycles. The number of rotatable bonds is 13. The quantitative estimate of drug-likeness (QED) is 0.109. The van der Waals surface area contributed by atoms with Crippen LogP contribution in [-0.4, -0.2) is 64.7 Å². The summed E-state index contributed by atoms with van der Waals surface area (Å²) < 4.78 is 53.6. The highest BCUT2D eigenvalue weighted by Gasteiger charge is 2.30. The SMILES string of the molecule is C=CC(=O)NCCNS(=O)(=O)c1ccc([N+](=O)[O-])c(S(=O)(=O)NCCNC(=O)C=C)n1. The van der Waals surface area contributed by atoms with E-state index in [1.165, 1.54) is 0 Å².